The van der Waals surface area contributed by atoms with Crippen LogP contribution in [0.5, 0.6) is 0 Å². The van der Waals surface area contributed by atoms with Crippen LogP contribution in [0.1, 0.15) is 12.0 Å². The Morgan fingerprint density at radius 2 is 2.12 bits per heavy atom. The third-order valence-electron chi connectivity index (χ3n) is 2.95. The van der Waals surface area contributed by atoms with Gasteiger partial charge in [-0.3, -0.25) is 4.90 Å². The van der Waals surface area contributed by atoms with Crippen molar-refractivity contribution in [3.8, 4) is 0 Å². The third-order valence-corrected chi connectivity index (χ3v) is 2.95. The summed E-state index contributed by atoms with van der Waals surface area (Å²) in [7, 11) is 0. The Bertz CT molecular complexity index is 302. The average molecular weight is 220 g/mol. The van der Waals surface area contributed by atoms with Gasteiger partial charge in [-0.1, -0.05) is 30.3 Å². The molecule has 1 saturated heterocycles. The zero-order valence-electron chi connectivity index (χ0n) is 9.64. The van der Waals surface area contributed by atoms with E-state index in [0.717, 1.165) is 26.1 Å². The molecule has 3 nitrogen and oxygen atoms in total. The number of nitrogens with zero attached hydrogens (tertiary/aromatic N) is 1. The van der Waals surface area contributed by atoms with E-state index in [2.05, 4.69) is 35.2 Å². The van der Waals surface area contributed by atoms with Crippen LogP contribution in [0, 0.1) is 0 Å². The lowest BCUT2D eigenvalue weighted by Gasteiger charge is -2.16. The maximum Gasteiger partial charge on any atom is 0.0714 e. The van der Waals surface area contributed by atoms with E-state index in [-0.39, 0.29) is 0 Å². The van der Waals surface area contributed by atoms with Crippen molar-refractivity contribution in [1.29, 1.82) is 0 Å². The molecule has 1 atom stereocenters. The lowest BCUT2D eigenvalue weighted by molar-refractivity contribution is 0.0641. The van der Waals surface area contributed by atoms with E-state index < -0.39 is 0 Å². The van der Waals surface area contributed by atoms with Gasteiger partial charge >= 0.3 is 0 Å². The minimum atomic E-state index is 0.382. The van der Waals surface area contributed by atoms with E-state index >= 15 is 0 Å². The predicted molar refractivity (Wildman–Crippen MR) is 65.1 cm³/mol. The summed E-state index contributed by atoms with van der Waals surface area (Å²) >= 11 is 0. The predicted octanol–water partition coefficient (Wildman–Crippen LogP) is 1.24. The molecule has 3 heteroatoms. The fraction of sp³-hybridized carbons (Fsp3) is 0.538. The maximum absolute atomic E-state index is 5.65. The van der Waals surface area contributed by atoms with Crippen molar-refractivity contribution in [2.45, 2.75) is 19.1 Å². The highest BCUT2D eigenvalue weighted by Crippen LogP contribution is 2.15. The number of nitrogens with two attached hydrogens (primary N) is 1. The molecule has 1 aliphatic heterocycles. The topological polar surface area (TPSA) is 38.5 Å². The van der Waals surface area contributed by atoms with Crippen molar-refractivity contribution in [3.63, 3.8) is 0 Å². The van der Waals surface area contributed by atoms with Gasteiger partial charge in [-0.05, 0) is 12.0 Å². The fourth-order valence-electron chi connectivity index (χ4n) is 2.15. The molecule has 1 aromatic carbocycles. The smallest absolute Gasteiger partial charge is 0.0714 e. The van der Waals surface area contributed by atoms with Gasteiger partial charge in [0.15, 0.2) is 0 Å². The minimum absolute atomic E-state index is 0.382. The molecule has 0 bridgehead atoms. The Kier molecular flexibility index (Phi) is 4.34. The van der Waals surface area contributed by atoms with Crippen LogP contribution in [0.2, 0.25) is 0 Å². The largest absolute Gasteiger partial charge is 0.376 e. The maximum atomic E-state index is 5.65. The SMILES string of the molecule is NCCOC1CCN(Cc2ccccc2)C1. The first-order chi connectivity index (χ1) is 7.88. The molecule has 88 valence electrons. The van der Waals surface area contributed by atoms with Gasteiger partial charge in [0, 0.05) is 26.2 Å². The molecule has 0 radical (unpaired) electrons. The molecule has 0 aromatic heterocycles. The van der Waals surface area contributed by atoms with E-state index in [1.807, 2.05) is 0 Å². The van der Waals surface area contributed by atoms with Crippen LogP contribution in [-0.2, 0) is 11.3 Å². The first-order valence-electron chi connectivity index (χ1n) is 5.96. The number of hydrogen-bond acceptors (Lipinski definition) is 3. The van der Waals surface area contributed by atoms with E-state index in [4.69, 9.17) is 10.5 Å². The first kappa shape index (κ1) is 11.6. The van der Waals surface area contributed by atoms with Crippen LogP contribution in [0.15, 0.2) is 30.3 Å². The lowest BCUT2D eigenvalue weighted by Crippen LogP contribution is -2.24. The molecule has 0 saturated carbocycles. The van der Waals surface area contributed by atoms with Crippen LogP contribution >= 0.6 is 0 Å². The van der Waals surface area contributed by atoms with Gasteiger partial charge in [0.1, 0.15) is 0 Å². The second kappa shape index (κ2) is 5.99. The molecule has 1 heterocycles. The highest BCUT2D eigenvalue weighted by Gasteiger charge is 2.22. The molecular formula is C13H20N2O. The summed E-state index contributed by atoms with van der Waals surface area (Å²) in [6, 6.07) is 10.6. The van der Waals surface area contributed by atoms with Crippen LogP contribution in [0.4, 0.5) is 0 Å². The Morgan fingerprint density at radius 3 is 2.88 bits per heavy atom. The second-order valence-electron chi connectivity index (χ2n) is 4.29. The van der Waals surface area contributed by atoms with Crippen LogP contribution in [0.3, 0.4) is 0 Å². The number of likely N-dealkylation sites (tertiary alicyclic amines) is 1. The zero-order valence-corrected chi connectivity index (χ0v) is 9.64. The molecule has 1 aromatic rings. The molecule has 16 heavy (non-hydrogen) atoms. The average Bonchev–Trinajstić information content (AvgIpc) is 2.75. The Labute approximate surface area is 97.2 Å². The van der Waals surface area contributed by atoms with Gasteiger partial charge in [-0.2, -0.15) is 0 Å². The molecule has 2 N–H and O–H groups in total. The van der Waals surface area contributed by atoms with Crippen LogP contribution in [0.25, 0.3) is 0 Å². The Morgan fingerprint density at radius 1 is 1.31 bits per heavy atom. The van der Waals surface area contributed by atoms with E-state index in [0.29, 0.717) is 19.3 Å². The van der Waals surface area contributed by atoms with Gasteiger partial charge in [-0.25, -0.2) is 0 Å². The highest BCUT2D eigenvalue weighted by atomic mass is 16.5. The van der Waals surface area contributed by atoms with Gasteiger partial charge < -0.3 is 10.5 Å². The van der Waals surface area contributed by atoms with Gasteiger partial charge in [-0.15, -0.1) is 0 Å². The Hall–Kier alpha value is -0.900. The minimum Gasteiger partial charge on any atom is -0.376 e. The molecule has 1 aliphatic rings. The lowest BCUT2D eigenvalue weighted by atomic mass is 10.2. The number of hydrogen-bond donors (Lipinski definition) is 1. The summed E-state index contributed by atoms with van der Waals surface area (Å²) in [5, 5.41) is 0. The molecule has 1 unspecified atom stereocenters. The molecular weight excluding hydrogens is 200 g/mol. The van der Waals surface area contributed by atoms with Crippen molar-refractivity contribution < 1.29 is 4.74 Å². The van der Waals surface area contributed by atoms with E-state index in [9.17, 15) is 0 Å². The third kappa shape index (κ3) is 3.30. The van der Waals surface area contributed by atoms with Crippen molar-refractivity contribution in [3.05, 3.63) is 35.9 Å². The second-order valence-corrected chi connectivity index (χ2v) is 4.29. The molecule has 0 aliphatic carbocycles. The summed E-state index contributed by atoms with van der Waals surface area (Å²) in [5.41, 5.74) is 6.80. The standard InChI is InChI=1S/C13H20N2O/c14-7-9-16-13-6-8-15(11-13)10-12-4-2-1-3-5-12/h1-5,13H,6-11,14H2. The van der Waals surface area contributed by atoms with Crippen molar-refractivity contribution in [2.75, 3.05) is 26.2 Å². The quantitative estimate of drug-likeness (QED) is 0.811. The summed E-state index contributed by atoms with van der Waals surface area (Å²) < 4.78 is 5.65. The van der Waals surface area contributed by atoms with Crippen molar-refractivity contribution in [1.82, 2.24) is 4.90 Å². The summed E-state index contributed by atoms with van der Waals surface area (Å²) in [5.74, 6) is 0. The van der Waals surface area contributed by atoms with Gasteiger partial charge in [0.25, 0.3) is 0 Å². The van der Waals surface area contributed by atoms with Crippen molar-refractivity contribution >= 4 is 0 Å². The van der Waals surface area contributed by atoms with Crippen LogP contribution < -0.4 is 5.73 Å². The van der Waals surface area contributed by atoms with E-state index in [1.54, 1.807) is 0 Å². The summed E-state index contributed by atoms with van der Waals surface area (Å²) in [6.45, 7) is 4.50. The summed E-state index contributed by atoms with van der Waals surface area (Å²) in [4.78, 5) is 2.44. The highest BCUT2D eigenvalue weighted by molar-refractivity contribution is 5.14. The van der Waals surface area contributed by atoms with Gasteiger partial charge in [0.2, 0.25) is 0 Å². The molecule has 2 rings (SSSR count). The Balaban J connectivity index is 1.76. The molecule has 1 fully saturated rings. The van der Waals surface area contributed by atoms with E-state index in [1.165, 1.54) is 5.56 Å². The normalized spacial score (nSPS) is 21.4. The zero-order chi connectivity index (χ0) is 11.2. The monoisotopic (exact) mass is 220 g/mol. The van der Waals surface area contributed by atoms with Crippen LogP contribution in [-0.4, -0.2) is 37.2 Å². The number of rotatable bonds is 5. The van der Waals surface area contributed by atoms with Gasteiger partial charge in [0.05, 0.1) is 12.7 Å². The summed E-state index contributed by atoms with van der Waals surface area (Å²) in [6.07, 6.45) is 1.51. The number of ether oxygens (including phenoxy) is 1. The fourth-order valence-corrected chi connectivity index (χ4v) is 2.15. The number of benzene rings is 1. The molecule has 0 amide bonds. The first-order valence-corrected chi connectivity index (χ1v) is 5.96. The van der Waals surface area contributed by atoms with Crippen molar-refractivity contribution in [2.24, 2.45) is 5.73 Å². The molecule has 0 spiro atoms.